The summed E-state index contributed by atoms with van der Waals surface area (Å²) in [7, 11) is 10.8. The van der Waals surface area contributed by atoms with Gasteiger partial charge in [-0.1, -0.05) is 22.0 Å². The Morgan fingerprint density at radius 1 is 1.08 bits per heavy atom. The van der Waals surface area contributed by atoms with Gasteiger partial charge < -0.3 is 4.90 Å². The van der Waals surface area contributed by atoms with Crippen LogP contribution < -0.4 is 21.3 Å². The predicted octanol–water partition coefficient (Wildman–Crippen LogP) is -3.16. The van der Waals surface area contributed by atoms with E-state index in [1.54, 1.807) is 0 Å². The standard InChI is InChI=1S/C9H16B3N/c1-5-6(10)4-7(13(2)3)9(12)8(5)11/h4H,10-12H2,1-3H3. The average Bonchev–Trinajstić information content (AvgIpc) is 2.07. The van der Waals surface area contributed by atoms with Crippen LogP contribution in [-0.2, 0) is 0 Å². The first-order valence-electron chi connectivity index (χ1n) is 4.70. The third-order valence-electron chi connectivity index (χ3n) is 2.94. The molecule has 0 saturated heterocycles. The van der Waals surface area contributed by atoms with Crippen molar-refractivity contribution in [1.29, 1.82) is 0 Å². The number of benzene rings is 1. The van der Waals surface area contributed by atoms with E-state index in [-0.39, 0.29) is 0 Å². The molecule has 1 aromatic rings. The molecule has 0 amide bonds. The van der Waals surface area contributed by atoms with Crippen molar-refractivity contribution < 1.29 is 0 Å². The fourth-order valence-corrected chi connectivity index (χ4v) is 1.66. The molecule has 0 aliphatic heterocycles. The highest BCUT2D eigenvalue weighted by Crippen LogP contribution is 2.03. The zero-order chi connectivity index (χ0) is 10.2. The molecule has 0 N–H and O–H groups in total. The molecule has 66 valence electrons. The second-order valence-electron chi connectivity index (χ2n) is 3.98. The zero-order valence-corrected chi connectivity index (χ0v) is 9.52. The number of nitrogens with zero attached hydrogens (tertiary/aromatic N) is 1. The highest BCUT2D eigenvalue weighted by Gasteiger charge is 2.07. The average molecular weight is 171 g/mol. The van der Waals surface area contributed by atoms with Crippen molar-refractivity contribution in [3.05, 3.63) is 11.6 Å². The van der Waals surface area contributed by atoms with E-state index in [1.807, 2.05) is 0 Å². The first kappa shape index (κ1) is 10.3. The predicted molar refractivity (Wildman–Crippen MR) is 70.0 cm³/mol. The molecule has 0 aliphatic carbocycles. The Hall–Kier alpha value is -0.785. The molecule has 0 saturated carbocycles. The van der Waals surface area contributed by atoms with Crippen LogP contribution in [-0.4, -0.2) is 37.6 Å². The van der Waals surface area contributed by atoms with E-state index in [1.165, 1.54) is 27.6 Å². The van der Waals surface area contributed by atoms with Crippen LogP contribution in [0, 0.1) is 6.92 Å². The molecule has 0 bridgehead atoms. The summed E-state index contributed by atoms with van der Waals surface area (Å²) in [5, 5.41) is 0. The summed E-state index contributed by atoms with van der Waals surface area (Å²) >= 11 is 0. The normalized spacial score (nSPS) is 10.1. The molecule has 0 heterocycles. The molecule has 1 nitrogen and oxygen atoms in total. The zero-order valence-electron chi connectivity index (χ0n) is 9.52. The summed E-state index contributed by atoms with van der Waals surface area (Å²) in [5.41, 5.74) is 6.95. The smallest absolute Gasteiger partial charge is 0.141 e. The Kier molecular flexibility index (Phi) is 2.79. The maximum atomic E-state index is 2.26. The lowest BCUT2D eigenvalue weighted by atomic mass is 9.72. The largest absolute Gasteiger partial charge is 0.378 e. The van der Waals surface area contributed by atoms with Crippen molar-refractivity contribution in [2.75, 3.05) is 19.0 Å². The van der Waals surface area contributed by atoms with Gasteiger partial charge in [0.2, 0.25) is 0 Å². The van der Waals surface area contributed by atoms with Crippen molar-refractivity contribution in [2.24, 2.45) is 0 Å². The van der Waals surface area contributed by atoms with Gasteiger partial charge >= 0.3 is 0 Å². The molecular formula is C9H16B3N. The summed E-state index contributed by atoms with van der Waals surface area (Å²) in [4.78, 5) is 2.18. The minimum atomic E-state index is 1.33. The van der Waals surface area contributed by atoms with Crippen LogP contribution in [0.5, 0.6) is 0 Å². The lowest BCUT2D eigenvalue weighted by molar-refractivity contribution is 1.14. The summed E-state index contributed by atoms with van der Waals surface area (Å²) in [6.45, 7) is 2.19. The Labute approximate surface area is 83.7 Å². The third-order valence-corrected chi connectivity index (χ3v) is 2.94. The fourth-order valence-electron chi connectivity index (χ4n) is 1.66. The SMILES string of the molecule is Bc1cc(N(C)C)c(B)c(B)c1C. The van der Waals surface area contributed by atoms with Crippen molar-refractivity contribution in [3.8, 4) is 0 Å². The molecule has 0 aliphatic rings. The number of rotatable bonds is 1. The molecule has 0 unspecified atom stereocenters. The van der Waals surface area contributed by atoms with Crippen molar-refractivity contribution in [2.45, 2.75) is 6.92 Å². The van der Waals surface area contributed by atoms with Gasteiger partial charge in [-0.05, 0) is 13.0 Å². The first-order valence-corrected chi connectivity index (χ1v) is 4.70. The van der Waals surface area contributed by atoms with Gasteiger partial charge in [0, 0.05) is 19.8 Å². The monoisotopic (exact) mass is 171 g/mol. The minimum absolute atomic E-state index is 1.33. The van der Waals surface area contributed by atoms with E-state index in [4.69, 9.17) is 0 Å². The summed E-state index contributed by atoms with van der Waals surface area (Å²) in [6.07, 6.45) is 0. The van der Waals surface area contributed by atoms with Crippen LogP contribution in [0.3, 0.4) is 0 Å². The van der Waals surface area contributed by atoms with Crippen molar-refractivity contribution in [1.82, 2.24) is 0 Å². The quantitative estimate of drug-likeness (QED) is 0.403. The number of anilines is 1. The second kappa shape index (κ2) is 3.53. The molecule has 0 fully saturated rings. The van der Waals surface area contributed by atoms with E-state index in [0.29, 0.717) is 0 Å². The Balaban J connectivity index is 3.41. The first-order chi connectivity index (χ1) is 5.95. The second-order valence-corrected chi connectivity index (χ2v) is 3.98. The van der Waals surface area contributed by atoms with Gasteiger partial charge in [-0.15, -0.1) is 0 Å². The number of hydrogen-bond acceptors (Lipinski definition) is 1. The van der Waals surface area contributed by atoms with Gasteiger partial charge in [0.1, 0.15) is 23.5 Å². The molecule has 0 radical (unpaired) electrons. The highest BCUT2D eigenvalue weighted by atomic mass is 15.1. The molecule has 0 aromatic heterocycles. The molecule has 4 heteroatoms. The van der Waals surface area contributed by atoms with Crippen LogP contribution in [0.25, 0.3) is 0 Å². The molecule has 1 aromatic carbocycles. The van der Waals surface area contributed by atoms with Crippen LogP contribution >= 0.6 is 0 Å². The van der Waals surface area contributed by atoms with Crippen LogP contribution in [0.4, 0.5) is 5.69 Å². The third kappa shape index (κ3) is 1.77. The molecular weight excluding hydrogens is 155 g/mol. The van der Waals surface area contributed by atoms with E-state index in [0.717, 1.165) is 0 Å². The Morgan fingerprint density at radius 3 is 2.08 bits per heavy atom. The van der Waals surface area contributed by atoms with Gasteiger partial charge in [0.05, 0.1) is 0 Å². The van der Waals surface area contributed by atoms with Gasteiger partial charge in [0.15, 0.2) is 0 Å². The van der Waals surface area contributed by atoms with Gasteiger partial charge in [-0.2, -0.15) is 0 Å². The summed E-state index contributed by atoms with van der Waals surface area (Å²) in [5.74, 6) is 0. The van der Waals surface area contributed by atoms with Gasteiger partial charge in [0.25, 0.3) is 0 Å². The van der Waals surface area contributed by atoms with Crippen LogP contribution in [0.2, 0.25) is 0 Å². The van der Waals surface area contributed by atoms with E-state index >= 15 is 0 Å². The summed E-state index contributed by atoms with van der Waals surface area (Å²) in [6, 6.07) is 2.26. The minimum Gasteiger partial charge on any atom is -0.378 e. The molecule has 1 rings (SSSR count). The van der Waals surface area contributed by atoms with Gasteiger partial charge in [-0.3, -0.25) is 0 Å². The molecule has 0 spiro atoms. The maximum absolute atomic E-state index is 2.26. The lowest BCUT2D eigenvalue weighted by Gasteiger charge is -2.20. The van der Waals surface area contributed by atoms with Crippen molar-refractivity contribution in [3.63, 3.8) is 0 Å². The van der Waals surface area contributed by atoms with Crippen molar-refractivity contribution >= 4 is 45.6 Å². The maximum Gasteiger partial charge on any atom is 0.141 e. The van der Waals surface area contributed by atoms with E-state index in [2.05, 4.69) is 55.5 Å². The Bertz CT molecular complexity index is 334. The molecule has 0 atom stereocenters. The van der Waals surface area contributed by atoms with E-state index in [9.17, 15) is 0 Å². The molecule has 13 heavy (non-hydrogen) atoms. The topological polar surface area (TPSA) is 3.24 Å². The van der Waals surface area contributed by atoms with Crippen LogP contribution in [0.15, 0.2) is 6.07 Å². The lowest BCUT2D eigenvalue weighted by Crippen LogP contribution is -2.37. The van der Waals surface area contributed by atoms with Gasteiger partial charge in [-0.25, -0.2) is 0 Å². The number of hydrogen-bond donors (Lipinski definition) is 0. The highest BCUT2D eigenvalue weighted by molar-refractivity contribution is 6.53. The Morgan fingerprint density at radius 2 is 1.62 bits per heavy atom. The van der Waals surface area contributed by atoms with Crippen LogP contribution in [0.1, 0.15) is 5.56 Å². The fraction of sp³-hybridized carbons (Fsp3) is 0.333. The van der Waals surface area contributed by atoms with E-state index < -0.39 is 0 Å². The summed E-state index contributed by atoms with van der Waals surface area (Å²) < 4.78 is 0.